The van der Waals surface area contributed by atoms with Crippen molar-refractivity contribution in [1.82, 2.24) is 19.9 Å². The number of aromatic nitrogens is 4. The number of rotatable bonds is 10. The Labute approximate surface area is 206 Å². The van der Waals surface area contributed by atoms with E-state index in [1.165, 1.54) is 6.33 Å². The second-order valence-electron chi connectivity index (χ2n) is 7.86. The standard InChI is InChI=1S/C16H19N5O.C5H11O8P/c1-2-3-8-22-13-6-4-12(5-7-13)9-17-15-14-16(19-10-18-14)21-11-20-15;6-3-2(1-12-14(9,10)11)13-5(8)4(3)7/h4-7,10-11H,2-3,8-9H2,1H3,(H2,17,18,19,20,21);2-8H,1H2,(H2,9,10,11)/t;2-,3-,4-,5?/m.1/s1. The van der Waals surface area contributed by atoms with Crippen molar-refractivity contribution in [2.45, 2.75) is 50.9 Å². The van der Waals surface area contributed by atoms with Gasteiger partial charge in [-0.25, -0.2) is 19.5 Å². The molecule has 1 aromatic carbocycles. The lowest BCUT2D eigenvalue weighted by Crippen LogP contribution is -2.34. The Morgan fingerprint density at radius 3 is 2.50 bits per heavy atom. The Kier molecular flexibility index (Phi) is 10.1. The fourth-order valence-corrected chi connectivity index (χ4v) is 3.50. The lowest BCUT2D eigenvalue weighted by molar-refractivity contribution is -0.132. The van der Waals surface area contributed by atoms with E-state index in [-0.39, 0.29) is 0 Å². The maximum atomic E-state index is 10.3. The van der Waals surface area contributed by atoms with Crippen molar-refractivity contribution in [2.24, 2.45) is 0 Å². The molecule has 3 aromatic rings. The summed E-state index contributed by atoms with van der Waals surface area (Å²) in [6.07, 6.45) is -0.316. The van der Waals surface area contributed by atoms with E-state index in [1.807, 2.05) is 12.1 Å². The monoisotopic (exact) mass is 527 g/mol. The second kappa shape index (κ2) is 13.0. The van der Waals surface area contributed by atoms with Crippen LogP contribution < -0.4 is 10.1 Å². The molecule has 1 saturated heterocycles. The van der Waals surface area contributed by atoms with Crippen LogP contribution in [-0.2, 0) is 20.4 Å². The van der Waals surface area contributed by atoms with E-state index in [0.29, 0.717) is 12.2 Å². The number of hydrogen-bond acceptors (Lipinski definition) is 11. The molecule has 198 valence electrons. The lowest BCUT2D eigenvalue weighted by atomic mass is 10.1. The van der Waals surface area contributed by atoms with Gasteiger partial charge < -0.3 is 44.9 Å². The van der Waals surface area contributed by atoms with Crippen LogP contribution in [-0.4, -0.2) is 82.9 Å². The van der Waals surface area contributed by atoms with E-state index in [2.05, 4.69) is 53.6 Å². The fraction of sp³-hybridized carbons (Fsp3) is 0.476. The van der Waals surface area contributed by atoms with Crippen LogP contribution in [0.5, 0.6) is 5.75 Å². The van der Waals surface area contributed by atoms with Crippen LogP contribution in [0.3, 0.4) is 0 Å². The summed E-state index contributed by atoms with van der Waals surface area (Å²) in [4.78, 5) is 32.1. The van der Waals surface area contributed by atoms with E-state index < -0.39 is 39.0 Å². The number of aliphatic hydroxyl groups is 3. The first kappa shape index (κ1) is 27.9. The number of nitrogens with one attached hydrogen (secondary N) is 2. The van der Waals surface area contributed by atoms with Crippen molar-refractivity contribution in [1.29, 1.82) is 0 Å². The molecule has 14 nitrogen and oxygen atoms in total. The van der Waals surface area contributed by atoms with Crippen LogP contribution in [0.2, 0.25) is 0 Å². The van der Waals surface area contributed by atoms with Gasteiger partial charge in [0.15, 0.2) is 17.8 Å². The summed E-state index contributed by atoms with van der Waals surface area (Å²) in [7, 11) is -4.64. The van der Waals surface area contributed by atoms with Gasteiger partial charge in [-0.2, -0.15) is 0 Å². The molecule has 4 atom stereocenters. The number of H-pyrrole nitrogens is 1. The van der Waals surface area contributed by atoms with Gasteiger partial charge >= 0.3 is 7.82 Å². The Morgan fingerprint density at radius 2 is 1.86 bits per heavy atom. The summed E-state index contributed by atoms with van der Waals surface area (Å²) in [5.41, 5.74) is 2.65. The smallest absolute Gasteiger partial charge is 0.469 e. The molecule has 4 rings (SSSR count). The SMILES string of the molecule is CCCCOc1ccc(CNc2ncnc3nc[nH]c23)cc1.O=P(O)(O)OC[C@H]1OC(O)[C@H](O)[C@@H]1O. The fourth-order valence-electron chi connectivity index (χ4n) is 3.16. The van der Waals surface area contributed by atoms with Gasteiger partial charge in [0.25, 0.3) is 0 Å². The first-order valence-corrected chi connectivity index (χ1v) is 12.7. The van der Waals surface area contributed by atoms with Crippen molar-refractivity contribution in [2.75, 3.05) is 18.5 Å². The van der Waals surface area contributed by atoms with Gasteiger partial charge in [-0.05, 0) is 24.1 Å². The van der Waals surface area contributed by atoms with Gasteiger partial charge in [0.2, 0.25) is 0 Å². The topological polar surface area (TPSA) is 212 Å². The van der Waals surface area contributed by atoms with Crippen LogP contribution in [0, 0.1) is 0 Å². The molecule has 2 aromatic heterocycles. The largest absolute Gasteiger partial charge is 0.494 e. The average Bonchev–Trinajstić information content (AvgIpc) is 3.43. The van der Waals surface area contributed by atoms with Crippen LogP contribution in [0.25, 0.3) is 11.2 Å². The van der Waals surface area contributed by atoms with Crippen LogP contribution in [0.15, 0.2) is 36.9 Å². The molecular formula is C21H30N5O9P. The minimum atomic E-state index is -4.64. The van der Waals surface area contributed by atoms with Gasteiger partial charge in [0.1, 0.15) is 35.9 Å². The van der Waals surface area contributed by atoms with Crippen LogP contribution in [0.1, 0.15) is 25.3 Å². The molecule has 0 radical (unpaired) electrons. The highest BCUT2D eigenvalue weighted by Crippen LogP contribution is 2.37. The molecule has 1 aliphatic rings. The summed E-state index contributed by atoms with van der Waals surface area (Å²) in [6.45, 7) is 2.99. The van der Waals surface area contributed by atoms with Crippen molar-refractivity contribution in [3.05, 3.63) is 42.5 Å². The number of aliphatic hydroxyl groups excluding tert-OH is 3. The van der Waals surface area contributed by atoms with Crippen LogP contribution >= 0.6 is 7.82 Å². The lowest BCUT2D eigenvalue weighted by Gasteiger charge is -2.14. The molecule has 7 N–H and O–H groups in total. The highest BCUT2D eigenvalue weighted by molar-refractivity contribution is 7.46. The number of fused-ring (bicyclic) bond motifs is 1. The van der Waals surface area contributed by atoms with Gasteiger partial charge in [-0.1, -0.05) is 25.5 Å². The molecule has 36 heavy (non-hydrogen) atoms. The highest BCUT2D eigenvalue weighted by Gasteiger charge is 2.42. The van der Waals surface area contributed by atoms with Crippen molar-refractivity contribution in [3.8, 4) is 5.75 Å². The third kappa shape index (κ3) is 8.18. The summed E-state index contributed by atoms with van der Waals surface area (Å²) < 4.78 is 24.5. The highest BCUT2D eigenvalue weighted by atomic mass is 31.2. The number of aromatic amines is 1. The maximum Gasteiger partial charge on any atom is 0.469 e. The Bertz CT molecular complexity index is 1130. The van der Waals surface area contributed by atoms with Crippen molar-refractivity contribution < 1.29 is 43.7 Å². The predicted octanol–water partition coefficient (Wildman–Crippen LogP) is 0.679. The summed E-state index contributed by atoms with van der Waals surface area (Å²) in [5, 5.41) is 30.3. The van der Waals surface area contributed by atoms with Crippen LogP contribution in [0.4, 0.5) is 5.82 Å². The first-order chi connectivity index (χ1) is 17.2. The number of nitrogens with zero attached hydrogens (tertiary/aromatic N) is 3. The molecule has 3 heterocycles. The zero-order valence-electron chi connectivity index (χ0n) is 19.5. The number of ether oxygens (including phenoxy) is 2. The van der Waals surface area contributed by atoms with Crippen molar-refractivity contribution >= 4 is 24.8 Å². The number of hydrogen-bond donors (Lipinski definition) is 7. The zero-order chi connectivity index (χ0) is 26.1. The first-order valence-electron chi connectivity index (χ1n) is 11.2. The Hall–Kier alpha value is -2.68. The Morgan fingerprint density at radius 1 is 1.11 bits per heavy atom. The molecule has 0 aliphatic carbocycles. The molecular weight excluding hydrogens is 497 g/mol. The molecule has 0 bridgehead atoms. The van der Waals surface area contributed by atoms with Gasteiger partial charge in [-0.3, -0.25) is 4.52 Å². The maximum absolute atomic E-state index is 10.3. The van der Waals surface area contributed by atoms with E-state index in [4.69, 9.17) is 29.8 Å². The summed E-state index contributed by atoms with van der Waals surface area (Å²) in [6, 6.07) is 8.11. The predicted molar refractivity (Wildman–Crippen MR) is 127 cm³/mol. The third-order valence-corrected chi connectivity index (χ3v) is 5.60. The molecule has 0 saturated carbocycles. The van der Waals surface area contributed by atoms with Gasteiger partial charge in [-0.15, -0.1) is 0 Å². The molecule has 0 spiro atoms. The average molecular weight is 527 g/mol. The summed E-state index contributed by atoms with van der Waals surface area (Å²) >= 11 is 0. The normalized spacial score (nSPS) is 21.7. The quantitative estimate of drug-likeness (QED) is 0.143. The molecule has 1 unspecified atom stereocenters. The van der Waals surface area contributed by atoms with Crippen molar-refractivity contribution in [3.63, 3.8) is 0 Å². The number of unbranched alkanes of at least 4 members (excludes halogenated alkanes) is 1. The van der Waals surface area contributed by atoms with E-state index in [0.717, 1.165) is 42.1 Å². The van der Waals surface area contributed by atoms with E-state index in [1.54, 1.807) is 6.33 Å². The molecule has 0 amide bonds. The minimum absolute atomic E-state index is 0.612. The Balaban J connectivity index is 0.000000223. The number of phosphoric ester groups is 1. The zero-order valence-corrected chi connectivity index (χ0v) is 20.4. The minimum Gasteiger partial charge on any atom is -0.494 e. The third-order valence-electron chi connectivity index (χ3n) is 5.12. The van der Waals surface area contributed by atoms with Gasteiger partial charge in [0.05, 0.1) is 19.5 Å². The second-order valence-corrected chi connectivity index (χ2v) is 9.09. The summed E-state index contributed by atoms with van der Waals surface area (Å²) in [5.74, 6) is 1.67. The molecule has 1 aliphatic heterocycles. The number of imidazole rings is 1. The van der Waals surface area contributed by atoms with E-state index in [9.17, 15) is 4.57 Å². The van der Waals surface area contributed by atoms with E-state index >= 15 is 0 Å². The molecule has 15 heteroatoms. The number of phosphoric acid groups is 1. The van der Waals surface area contributed by atoms with Gasteiger partial charge in [0, 0.05) is 6.54 Å². The number of benzene rings is 1. The number of anilines is 1. The molecule has 1 fully saturated rings.